The Morgan fingerprint density at radius 3 is 2.56 bits per heavy atom. The minimum Gasteiger partial charge on any atom is -0.485 e. The Morgan fingerprint density at radius 2 is 1.88 bits per heavy atom. The van der Waals surface area contributed by atoms with E-state index in [2.05, 4.69) is 15.5 Å². The Bertz CT molecular complexity index is 885. The fourth-order valence-corrected chi connectivity index (χ4v) is 2.32. The minimum atomic E-state index is -0.158. The van der Waals surface area contributed by atoms with Crippen molar-refractivity contribution < 1.29 is 14.1 Å². The van der Waals surface area contributed by atoms with Crippen LogP contribution in [0.15, 0.2) is 47.0 Å². The minimum absolute atomic E-state index is 0.158. The van der Waals surface area contributed by atoms with E-state index in [0.29, 0.717) is 23.0 Å². The molecule has 0 aliphatic heterocycles. The number of carbonyl (C=O) groups excluding carboxylic acids is 1. The molecule has 1 heterocycles. The number of nitrogens with zero attached hydrogens (tertiary/aromatic N) is 2. The monoisotopic (exact) mass is 337 g/mol. The van der Waals surface area contributed by atoms with Crippen LogP contribution in [-0.2, 0) is 6.61 Å². The molecule has 25 heavy (non-hydrogen) atoms. The molecule has 3 aromatic rings. The van der Waals surface area contributed by atoms with Gasteiger partial charge in [0.1, 0.15) is 5.75 Å². The molecule has 128 valence electrons. The zero-order valence-electron chi connectivity index (χ0n) is 14.4. The highest BCUT2D eigenvalue weighted by molar-refractivity contribution is 6.04. The van der Waals surface area contributed by atoms with Gasteiger partial charge in [-0.3, -0.25) is 4.79 Å². The van der Waals surface area contributed by atoms with Crippen LogP contribution in [0.4, 0.5) is 5.69 Å². The molecule has 1 N–H and O–H groups in total. The Kier molecular flexibility index (Phi) is 4.79. The maximum Gasteiger partial charge on any atom is 0.255 e. The Balaban J connectivity index is 1.63. The largest absolute Gasteiger partial charge is 0.485 e. The second-order valence-corrected chi connectivity index (χ2v) is 5.82. The fraction of sp³-hybridized carbons (Fsp3) is 0.211. The summed E-state index contributed by atoms with van der Waals surface area (Å²) in [6.07, 6.45) is 0. The molecule has 0 saturated carbocycles. The number of carbonyl (C=O) groups is 1. The average molecular weight is 337 g/mol. The van der Waals surface area contributed by atoms with Crippen LogP contribution in [0.1, 0.15) is 33.2 Å². The highest BCUT2D eigenvalue weighted by atomic mass is 16.5. The first-order valence-electron chi connectivity index (χ1n) is 7.92. The fourth-order valence-electron chi connectivity index (χ4n) is 2.32. The Hall–Kier alpha value is -3.15. The van der Waals surface area contributed by atoms with Gasteiger partial charge in [-0.15, -0.1) is 0 Å². The Labute approximate surface area is 145 Å². The molecule has 1 aromatic heterocycles. The summed E-state index contributed by atoms with van der Waals surface area (Å²) in [5, 5.41) is 6.70. The SMILES string of the molecule is Cc1ccc(C)c(NC(=O)c2ccc(OCc3noc(C)n3)cc2)c1. The standard InChI is InChI=1S/C19H19N3O3/c1-12-4-5-13(2)17(10-12)21-19(23)15-6-8-16(9-7-15)24-11-18-20-14(3)25-22-18/h4-10H,11H2,1-3H3,(H,21,23). The molecule has 2 aromatic carbocycles. The van der Waals surface area contributed by atoms with Gasteiger partial charge in [0.15, 0.2) is 6.61 Å². The molecule has 0 fully saturated rings. The lowest BCUT2D eigenvalue weighted by atomic mass is 10.1. The summed E-state index contributed by atoms with van der Waals surface area (Å²) in [6, 6.07) is 12.9. The normalized spacial score (nSPS) is 10.5. The predicted octanol–water partition coefficient (Wildman–Crippen LogP) is 3.83. The number of ether oxygens (including phenoxy) is 1. The number of rotatable bonds is 5. The van der Waals surface area contributed by atoms with E-state index in [4.69, 9.17) is 9.26 Å². The number of aromatic nitrogens is 2. The van der Waals surface area contributed by atoms with Crippen LogP contribution < -0.4 is 10.1 Å². The van der Waals surface area contributed by atoms with Crippen LogP contribution in [0.3, 0.4) is 0 Å². The van der Waals surface area contributed by atoms with Crippen LogP contribution in [-0.4, -0.2) is 16.0 Å². The van der Waals surface area contributed by atoms with E-state index in [1.54, 1.807) is 31.2 Å². The first kappa shape index (κ1) is 16.7. The highest BCUT2D eigenvalue weighted by Gasteiger charge is 2.09. The highest BCUT2D eigenvalue weighted by Crippen LogP contribution is 2.19. The van der Waals surface area contributed by atoms with E-state index < -0.39 is 0 Å². The second-order valence-electron chi connectivity index (χ2n) is 5.82. The molecule has 0 aliphatic rings. The van der Waals surface area contributed by atoms with E-state index in [1.807, 2.05) is 32.0 Å². The molecule has 0 radical (unpaired) electrons. The summed E-state index contributed by atoms with van der Waals surface area (Å²) in [5.74, 6) is 1.45. The van der Waals surface area contributed by atoms with Gasteiger partial charge in [0.2, 0.25) is 11.7 Å². The molecule has 0 aliphatic carbocycles. The van der Waals surface area contributed by atoms with Crippen molar-refractivity contribution in [2.75, 3.05) is 5.32 Å². The third-order valence-corrected chi connectivity index (χ3v) is 3.70. The molecule has 6 heteroatoms. The van der Waals surface area contributed by atoms with Crippen LogP contribution in [0.5, 0.6) is 5.75 Å². The van der Waals surface area contributed by atoms with Crippen molar-refractivity contribution in [3.63, 3.8) is 0 Å². The molecule has 0 atom stereocenters. The van der Waals surface area contributed by atoms with Crippen molar-refractivity contribution in [2.24, 2.45) is 0 Å². The van der Waals surface area contributed by atoms with Gasteiger partial charge in [-0.2, -0.15) is 4.98 Å². The first-order chi connectivity index (χ1) is 12.0. The van der Waals surface area contributed by atoms with Crippen LogP contribution >= 0.6 is 0 Å². The molecule has 0 spiro atoms. The summed E-state index contributed by atoms with van der Waals surface area (Å²) >= 11 is 0. The summed E-state index contributed by atoms with van der Waals surface area (Å²) in [7, 11) is 0. The zero-order valence-corrected chi connectivity index (χ0v) is 14.4. The summed E-state index contributed by atoms with van der Waals surface area (Å²) < 4.78 is 10.5. The molecular formula is C19H19N3O3. The van der Waals surface area contributed by atoms with E-state index in [1.165, 1.54) is 0 Å². The van der Waals surface area contributed by atoms with E-state index in [-0.39, 0.29) is 12.5 Å². The third kappa shape index (κ3) is 4.23. The number of anilines is 1. The van der Waals surface area contributed by atoms with Crippen molar-refractivity contribution in [3.8, 4) is 5.75 Å². The number of nitrogens with one attached hydrogen (secondary N) is 1. The predicted molar refractivity (Wildman–Crippen MR) is 93.7 cm³/mol. The smallest absolute Gasteiger partial charge is 0.255 e. The summed E-state index contributed by atoms with van der Waals surface area (Å²) in [5.41, 5.74) is 3.50. The van der Waals surface area contributed by atoms with E-state index in [0.717, 1.165) is 16.8 Å². The van der Waals surface area contributed by atoms with Gasteiger partial charge in [0, 0.05) is 18.2 Å². The molecule has 0 bridgehead atoms. The van der Waals surface area contributed by atoms with Crippen LogP contribution in [0.25, 0.3) is 0 Å². The van der Waals surface area contributed by atoms with E-state index >= 15 is 0 Å². The molecule has 0 saturated heterocycles. The number of hydrogen-bond donors (Lipinski definition) is 1. The molecular weight excluding hydrogens is 318 g/mol. The van der Waals surface area contributed by atoms with Gasteiger partial charge in [-0.25, -0.2) is 0 Å². The zero-order chi connectivity index (χ0) is 17.8. The summed E-state index contributed by atoms with van der Waals surface area (Å²) in [6.45, 7) is 5.89. The van der Waals surface area contributed by atoms with Crippen molar-refractivity contribution in [3.05, 3.63) is 70.9 Å². The van der Waals surface area contributed by atoms with Gasteiger partial charge in [-0.1, -0.05) is 17.3 Å². The lowest BCUT2D eigenvalue weighted by Gasteiger charge is -2.10. The van der Waals surface area contributed by atoms with Gasteiger partial charge >= 0.3 is 0 Å². The topological polar surface area (TPSA) is 77.2 Å². The Morgan fingerprint density at radius 1 is 1.12 bits per heavy atom. The number of benzene rings is 2. The molecule has 3 rings (SSSR count). The maximum absolute atomic E-state index is 12.4. The quantitative estimate of drug-likeness (QED) is 0.766. The van der Waals surface area contributed by atoms with Gasteiger partial charge < -0.3 is 14.6 Å². The van der Waals surface area contributed by atoms with E-state index in [9.17, 15) is 4.79 Å². The van der Waals surface area contributed by atoms with Gasteiger partial charge in [0.05, 0.1) is 0 Å². The molecule has 1 amide bonds. The maximum atomic E-state index is 12.4. The van der Waals surface area contributed by atoms with Crippen molar-refractivity contribution in [1.29, 1.82) is 0 Å². The van der Waals surface area contributed by atoms with Crippen molar-refractivity contribution in [2.45, 2.75) is 27.4 Å². The lowest BCUT2D eigenvalue weighted by Crippen LogP contribution is -2.12. The van der Waals surface area contributed by atoms with Crippen LogP contribution in [0, 0.1) is 20.8 Å². The number of aryl methyl sites for hydroxylation is 3. The number of hydrogen-bond acceptors (Lipinski definition) is 5. The van der Waals surface area contributed by atoms with Crippen molar-refractivity contribution in [1.82, 2.24) is 10.1 Å². The van der Waals surface area contributed by atoms with Gasteiger partial charge in [-0.05, 0) is 55.3 Å². The van der Waals surface area contributed by atoms with Crippen LogP contribution in [0.2, 0.25) is 0 Å². The first-order valence-corrected chi connectivity index (χ1v) is 7.92. The number of amides is 1. The van der Waals surface area contributed by atoms with Gasteiger partial charge in [0.25, 0.3) is 5.91 Å². The van der Waals surface area contributed by atoms with Crippen molar-refractivity contribution >= 4 is 11.6 Å². The molecule has 0 unspecified atom stereocenters. The molecule has 6 nitrogen and oxygen atoms in total. The second kappa shape index (κ2) is 7.17. The lowest BCUT2D eigenvalue weighted by molar-refractivity contribution is 0.102. The third-order valence-electron chi connectivity index (χ3n) is 3.70. The average Bonchev–Trinajstić information content (AvgIpc) is 3.02. The summed E-state index contributed by atoms with van der Waals surface area (Å²) in [4.78, 5) is 16.5.